The lowest BCUT2D eigenvalue weighted by atomic mass is 10.1. The van der Waals surface area contributed by atoms with Crippen LogP contribution in [0.3, 0.4) is 0 Å². The first kappa shape index (κ1) is 13.6. The summed E-state index contributed by atoms with van der Waals surface area (Å²) in [6, 6.07) is 2.83. The summed E-state index contributed by atoms with van der Waals surface area (Å²) in [4.78, 5) is 5.28. The number of nitrogens with zero attached hydrogens (tertiary/aromatic N) is 3. The van der Waals surface area contributed by atoms with E-state index in [0.717, 1.165) is 6.07 Å². The lowest BCUT2D eigenvalue weighted by Gasteiger charge is -2.29. The minimum atomic E-state index is -4.51. The van der Waals surface area contributed by atoms with E-state index in [4.69, 9.17) is 10.00 Å². The molecule has 0 bridgehead atoms. The molecule has 1 aromatic heterocycles. The fourth-order valence-electron chi connectivity index (χ4n) is 1.94. The van der Waals surface area contributed by atoms with Crippen LogP contribution in [0.25, 0.3) is 0 Å². The predicted octanol–water partition coefficient (Wildman–Crippen LogP) is 2.12. The number of alkyl halides is 3. The maximum Gasteiger partial charge on any atom is 0.433 e. The molecule has 4 nitrogen and oxygen atoms in total. The summed E-state index contributed by atoms with van der Waals surface area (Å²) in [6.07, 6.45) is -4.51. The molecule has 0 unspecified atom stereocenters. The van der Waals surface area contributed by atoms with Crippen LogP contribution in [0.15, 0.2) is 6.07 Å². The zero-order valence-corrected chi connectivity index (χ0v) is 10.3. The molecule has 0 spiro atoms. The Hall–Kier alpha value is -1.81. The van der Waals surface area contributed by atoms with Crippen LogP contribution >= 0.6 is 0 Å². The summed E-state index contributed by atoms with van der Waals surface area (Å²) in [5, 5.41) is 9.09. The van der Waals surface area contributed by atoms with Gasteiger partial charge in [-0.2, -0.15) is 18.4 Å². The number of hydrogen-bond acceptors (Lipinski definition) is 4. The first-order chi connectivity index (χ1) is 8.93. The number of hydrogen-bond donors (Lipinski definition) is 0. The Balaban J connectivity index is 2.50. The van der Waals surface area contributed by atoms with Crippen molar-refractivity contribution in [1.82, 2.24) is 4.98 Å². The van der Waals surface area contributed by atoms with E-state index in [1.54, 1.807) is 4.90 Å². The molecule has 19 heavy (non-hydrogen) atoms. The van der Waals surface area contributed by atoms with Gasteiger partial charge in [0.25, 0.3) is 0 Å². The highest BCUT2D eigenvalue weighted by atomic mass is 19.4. The number of aromatic nitrogens is 1. The van der Waals surface area contributed by atoms with Gasteiger partial charge in [0.1, 0.15) is 17.6 Å². The molecule has 2 heterocycles. The van der Waals surface area contributed by atoms with Crippen molar-refractivity contribution in [3.8, 4) is 6.07 Å². The maximum absolute atomic E-state index is 12.8. The smallest absolute Gasteiger partial charge is 0.378 e. The minimum absolute atomic E-state index is 0.0955. The highest BCUT2D eigenvalue weighted by molar-refractivity contribution is 5.58. The van der Waals surface area contributed by atoms with E-state index in [2.05, 4.69) is 4.98 Å². The summed E-state index contributed by atoms with van der Waals surface area (Å²) in [6.45, 7) is 3.19. The number of ether oxygens (including phenoxy) is 1. The number of rotatable bonds is 1. The monoisotopic (exact) mass is 271 g/mol. The number of anilines is 1. The summed E-state index contributed by atoms with van der Waals surface area (Å²) in [5.74, 6) is 0.0955. The number of nitriles is 1. The van der Waals surface area contributed by atoms with Crippen LogP contribution in [0, 0.1) is 18.3 Å². The SMILES string of the molecule is Cc1cc(C(F)(F)F)nc(N2CCOCC2)c1C#N. The molecule has 0 amide bonds. The van der Waals surface area contributed by atoms with Crippen LogP contribution in [0.4, 0.5) is 19.0 Å². The molecule has 0 aromatic carbocycles. The van der Waals surface area contributed by atoms with E-state index < -0.39 is 11.9 Å². The summed E-state index contributed by atoms with van der Waals surface area (Å²) >= 11 is 0. The second kappa shape index (κ2) is 5.05. The van der Waals surface area contributed by atoms with Gasteiger partial charge in [-0.25, -0.2) is 4.98 Å². The van der Waals surface area contributed by atoms with Gasteiger partial charge < -0.3 is 9.64 Å². The standard InChI is InChI=1S/C12H12F3N3O/c1-8-6-10(12(13,14)15)17-11(9(8)7-16)18-2-4-19-5-3-18/h6H,2-5H2,1H3. The quantitative estimate of drug-likeness (QED) is 0.785. The van der Waals surface area contributed by atoms with Crippen molar-refractivity contribution in [3.05, 3.63) is 22.9 Å². The van der Waals surface area contributed by atoms with Crippen LogP contribution in [0.5, 0.6) is 0 Å². The van der Waals surface area contributed by atoms with E-state index >= 15 is 0 Å². The van der Waals surface area contributed by atoms with E-state index in [-0.39, 0.29) is 16.9 Å². The molecule has 1 aliphatic rings. The number of pyridine rings is 1. The second-order valence-corrected chi connectivity index (χ2v) is 4.23. The molecule has 1 aliphatic heterocycles. The van der Waals surface area contributed by atoms with Gasteiger partial charge in [0, 0.05) is 13.1 Å². The van der Waals surface area contributed by atoms with Gasteiger partial charge >= 0.3 is 6.18 Å². The van der Waals surface area contributed by atoms with E-state index in [0.29, 0.717) is 26.3 Å². The van der Waals surface area contributed by atoms with Crippen LogP contribution in [0.2, 0.25) is 0 Å². The fraction of sp³-hybridized carbons (Fsp3) is 0.500. The largest absolute Gasteiger partial charge is 0.433 e. The molecule has 7 heteroatoms. The van der Waals surface area contributed by atoms with Crippen molar-refractivity contribution in [3.63, 3.8) is 0 Å². The molecular weight excluding hydrogens is 259 g/mol. The third-order valence-corrected chi connectivity index (χ3v) is 2.91. The van der Waals surface area contributed by atoms with Gasteiger partial charge in [0.15, 0.2) is 0 Å². The van der Waals surface area contributed by atoms with Crippen LogP contribution < -0.4 is 4.90 Å². The van der Waals surface area contributed by atoms with E-state index in [9.17, 15) is 13.2 Å². The van der Waals surface area contributed by atoms with Gasteiger partial charge in [-0.3, -0.25) is 0 Å². The van der Waals surface area contributed by atoms with Gasteiger partial charge in [0.2, 0.25) is 0 Å². The summed E-state index contributed by atoms with van der Waals surface area (Å²) < 4.78 is 43.4. The first-order valence-electron chi connectivity index (χ1n) is 5.75. The highest BCUT2D eigenvalue weighted by Crippen LogP contribution is 2.32. The van der Waals surface area contributed by atoms with Gasteiger partial charge in [-0.05, 0) is 18.6 Å². The zero-order valence-electron chi connectivity index (χ0n) is 10.3. The molecule has 1 aromatic rings. The van der Waals surface area contributed by atoms with Gasteiger partial charge in [-0.15, -0.1) is 0 Å². The average molecular weight is 271 g/mol. The van der Waals surface area contributed by atoms with Gasteiger partial charge in [-0.1, -0.05) is 0 Å². The molecule has 1 fully saturated rings. The third-order valence-electron chi connectivity index (χ3n) is 2.91. The Morgan fingerprint density at radius 2 is 2.00 bits per heavy atom. The third kappa shape index (κ3) is 2.79. The molecule has 0 atom stereocenters. The highest BCUT2D eigenvalue weighted by Gasteiger charge is 2.34. The Kier molecular flexibility index (Phi) is 3.62. The topological polar surface area (TPSA) is 49.2 Å². The number of aryl methyl sites for hydroxylation is 1. The zero-order chi connectivity index (χ0) is 14.0. The molecule has 0 aliphatic carbocycles. The fourth-order valence-corrected chi connectivity index (χ4v) is 1.94. The van der Waals surface area contributed by atoms with Crippen molar-refractivity contribution in [2.75, 3.05) is 31.2 Å². The Labute approximate surface area is 108 Å². The van der Waals surface area contributed by atoms with E-state index in [1.165, 1.54) is 6.92 Å². The van der Waals surface area contributed by atoms with E-state index in [1.807, 2.05) is 6.07 Å². The first-order valence-corrected chi connectivity index (χ1v) is 5.75. The van der Waals surface area contributed by atoms with Crippen LogP contribution in [-0.4, -0.2) is 31.3 Å². The van der Waals surface area contributed by atoms with Crippen molar-refractivity contribution >= 4 is 5.82 Å². The predicted molar refractivity (Wildman–Crippen MR) is 61.7 cm³/mol. The van der Waals surface area contributed by atoms with Gasteiger partial charge in [0.05, 0.1) is 18.8 Å². The van der Waals surface area contributed by atoms with Crippen molar-refractivity contribution in [2.24, 2.45) is 0 Å². The van der Waals surface area contributed by atoms with Crippen LogP contribution in [0.1, 0.15) is 16.8 Å². The Bertz CT molecular complexity index is 516. The molecule has 1 saturated heterocycles. The summed E-state index contributed by atoms with van der Waals surface area (Å²) in [7, 11) is 0. The molecule has 102 valence electrons. The van der Waals surface area contributed by atoms with Crippen molar-refractivity contribution < 1.29 is 17.9 Å². The molecule has 0 saturated carbocycles. The molecule has 0 radical (unpaired) electrons. The Morgan fingerprint density at radius 1 is 1.37 bits per heavy atom. The molecular formula is C12H12F3N3O. The Morgan fingerprint density at radius 3 is 2.53 bits per heavy atom. The minimum Gasteiger partial charge on any atom is -0.378 e. The second-order valence-electron chi connectivity index (χ2n) is 4.23. The molecule has 2 rings (SSSR count). The van der Waals surface area contributed by atoms with Crippen LogP contribution in [-0.2, 0) is 10.9 Å². The summed E-state index contributed by atoms with van der Waals surface area (Å²) in [5.41, 5.74) is -0.494. The maximum atomic E-state index is 12.8. The lowest BCUT2D eigenvalue weighted by molar-refractivity contribution is -0.141. The van der Waals surface area contributed by atoms with Crippen molar-refractivity contribution in [1.29, 1.82) is 5.26 Å². The number of morpholine rings is 1. The molecule has 0 N–H and O–H groups in total. The average Bonchev–Trinajstić information content (AvgIpc) is 2.37. The normalized spacial score (nSPS) is 16.3. The van der Waals surface area contributed by atoms with Crippen molar-refractivity contribution in [2.45, 2.75) is 13.1 Å². The lowest BCUT2D eigenvalue weighted by Crippen LogP contribution is -2.37. The number of halogens is 3.